The van der Waals surface area contributed by atoms with E-state index in [1.54, 1.807) is 17.4 Å². The van der Waals surface area contributed by atoms with Crippen LogP contribution >= 0.6 is 22.7 Å². The van der Waals surface area contributed by atoms with Crippen molar-refractivity contribution in [2.24, 2.45) is 0 Å². The molecule has 0 fully saturated rings. The number of carbonyl (C=O) groups excluding carboxylic acids is 1. The summed E-state index contributed by atoms with van der Waals surface area (Å²) in [6.45, 7) is 0. The van der Waals surface area contributed by atoms with Crippen molar-refractivity contribution in [1.29, 1.82) is 0 Å². The minimum Gasteiger partial charge on any atom is -0.508 e. The molecule has 1 amide bonds. The van der Waals surface area contributed by atoms with Gasteiger partial charge in [-0.25, -0.2) is 0 Å². The van der Waals surface area contributed by atoms with Gasteiger partial charge in [-0.1, -0.05) is 0 Å². The number of carbonyl (C=O) groups is 1. The summed E-state index contributed by atoms with van der Waals surface area (Å²) >= 11 is 3.06. The van der Waals surface area contributed by atoms with Gasteiger partial charge in [0.2, 0.25) is 0 Å². The zero-order valence-electron chi connectivity index (χ0n) is 9.71. The van der Waals surface area contributed by atoms with Crippen molar-refractivity contribution in [2.45, 2.75) is 0 Å². The van der Waals surface area contributed by atoms with Gasteiger partial charge in [0, 0.05) is 15.5 Å². The fraction of sp³-hybridized carbons (Fsp3) is 0. The molecule has 0 bridgehead atoms. The van der Waals surface area contributed by atoms with Crippen LogP contribution in [0.25, 0.3) is 9.40 Å². The average Bonchev–Trinajstić information content (AvgIpc) is 2.93. The second-order valence-corrected chi connectivity index (χ2v) is 6.02. The number of nitrogens with one attached hydrogen (secondary N) is 1. The van der Waals surface area contributed by atoms with E-state index in [1.807, 2.05) is 17.5 Å². The second kappa shape index (κ2) is 4.56. The van der Waals surface area contributed by atoms with E-state index < -0.39 is 0 Å². The highest BCUT2D eigenvalue weighted by Crippen LogP contribution is 2.31. The molecule has 4 nitrogen and oxygen atoms in total. The number of fused-ring (bicyclic) bond motifs is 1. The molecule has 0 atom stereocenters. The van der Waals surface area contributed by atoms with Crippen LogP contribution in [0.3, 0.4) is 0 Å². The van der Waals surface area contributed by atoms with Crippen LogP contribution in [0.5, 0.6) is 5.75 Å². The Labute approximate surface area is 117 Å². The van der Waals surface area contributed by atoms with Gasteiger partial charge in [-0.15, -0.1) is 22.7 Å². The van der Waals surface area contributed by atoms with E-state index in [0.29, 0.717) is 16.3 Å². The number of phenolic OH excluding ortho intramolecular Hbond substituents is 1. The molecule has 3 rings (SSSR count). The van der Waals surface area contributed by atoms with E-state index in [-0.39, 0.29) is 11.7 Å². The number of nitrogen functional groups attached to an aromatic ring is 1. The summed E-state index contributed by atoms with van der Waals surface area (Å²) in [6, 6.07) is 8.34. The molecule has 0 aliphatic carbocycles. The molecule has 96 valence electrons. The number of amides is 1. The van der Waals surface area contributed by atoms with Gasteiger partial charge in [0.05, 0.1) is 16.3 Å². The Balaban J connectivity index is 1.86. The average molecular weight is 290 g/mol. The topological polar surface area (TPSA) is 75.3 Å². The van der Waals surface area contributed by atoms with Crippen molar-refractivity contribution >= 4 is 49.4 Å². The quantitative estimate of drug-likeness (QED) is 0.499. The third-order valence-corrected chi connectivity index (χ3v) is 4.74. The molecular formula is C13H10N2O2S2. The number of hydrogen-bond donors (Lipinski definition) is 3. The number of benzene rings is 1. The number of aromatic hydroxyl groups is 1. The number of phenols is 1. The number of nitrogens with two attached hydrogens (primary N) is 1. The summed E-state index contributed by atoms with van der Waals surface area (Å²) in [6.07, 6.45) is 0. The lowest BCUT2D eigenvalue weighted by molar-refractivity contribution is 0.103. The van der Waals surface area contributed by atoms with Crippen LogP contribution in [0.1, 0.15) is 9.67 Å². The number of hydrogen-bond acceptors (Lipinski definition) is 5. The van der Waals surface area contributed by atoms with E-state index in [0.717, 1.165) is 9.40 Å². The van der Waals surface area contributed by atoms with Gasteiger partial charge in [-0.3, -0.25) is 4.79 Å². The van der Waals surface area contributed by atoms with Gasteiger partial charge in [0.15, 0.2) is 0 Å². The second-order valence-electron chi connectivity index (χ2n) is 3.99. The third kappa shape index (κ3) is 2.27. The van der Waals surface area contributed by atoms with E-state index in [4.69, 9.17) is 5.73 Å². The Bertz CT molecular complexity index is 732. The molecule has 0 radical (unpaired) electrons. The molecule has 0 aliphatic heterocycles. The SMILES string of the molecule is Nc1cc(O)ccc1NC(=O)c1cc2sccc2s1. The molecule has 0 aliphatic rings. The summed E-state index contributed by atoms with van der Waals surface area (Å²) in [5.74, 6) is -0.113. The highest BCUT2D eigenvalue weighted by atomic mass is 32.1. The minimum absolute atomic E-state index is 0.0761. The zero-order chi connectivity index (χ0) is 13.4. The van der Waals surface area contributed by atoms with E-state index in [1.165, 1.54) is 23.5 Å². The number of rotatable bonds is 2. The lowest BCUT2D eigenvalue weighted by Gasteiger charge is -2.07. The Morgan fingerprint density at radius 3 is 2.79 bits per heavy atom. The van der Waals surface area contributed by atoms with Crippen LogP contribution in [0, 0.1) is 0 Å². The standard InChI is InChI=1S/C13H10N2O2S2/c14-8-5-7(16)1-2-9(8)15-13(17)12-6-11-10(19-12)3-4-18-11/h1-6,16H,14H2,(H,15,17). The van der Waals surface area contributed by atoms with Crippen LogP contribution in [0.4, 0.5) is 11.4 Å². The third-order valence-electron chi connectivity index (χ3n) is 2.65. The van der Waals surface area contributed by atoms with Crippen molar-refractivity contribution in [2.75, 3.05) is 11.1 Å². The number of thiophene rings is 2. The largest absolute Gasteiger partial charge is 0.508 e. The number of anilines is 2. The Hall–Kier alpha value is -2.05. The van der Waals surface area contributed by atoms with Crippen molar-refractivity contribution in [1.82, 2.24) is 0 Å². The predicted molar refractivity (Wildman–Crippen MR) is 80.2 cm³/mol. The highest BCUT2D eigenvalue weighted by Gasteiger charge is 2.12. The van der Waals surface area contributed by atoms with Crippen LogP contribution in [0.15, 0.2) is 35.7 Å². The summed E-state index contributed by atoms with van der Waals surface area (Å²) in [5, 5.41) is 14.0. The molecule has 6 heteroatoms. The molecule has 19 heavy (non-hydrogen) atoms. The Morgan fingerprint density at radius 2 is 2.05 bits per heavy atom. The maximum atomic E-state index is 12.1. The van der Waals surface area contributed by atoms with Gasteiger partial charge in [0.1, 0.15) is 5.75 Å². The van der Waals surface area contributed by atoms with Crippen molar-refractivity contribution in [3.05, 3.63) is 40.6 Å². The fourth-order valence-corrected chi connectivity index (χ4v) is 3.73. The van der Waals surface area contributed by atoms with Gasteiger partial charge < -0.3 is 16.2 Å². The van der Waals surface area contributed by atoms with E-state index in [2.05, 4.69) is 5.32 Å². The first-order chi connectivity index (χ1) is 9.13. The summed E-state index contributed by atoms with van der Waals surface area (Å²) in [5.41, 5.74) is 6.57. The fourth-order valence-electron chi connectivity index (χ4n) is 1.73. The molecule has 2 heterocycles. The van der Waals surface area contributed by atoms with Gasteiger partial charge in [-0.05, 0) is 29.6 Å². The molecule has 2 aromatic heterocycles. The summed E-state index contributed by atoms with van der Waals surface area (Å²) in [4.78, 5) is 12.8. The highest BCUT2D eigenvalue weighted by molar-refractivity contribution is 7.27. The molecule has 0 saturated carbocycles. The van der Waals surface area contributed by atoms with Gasteiger partial charge in [-0.2, -0.15) is 0 Å². The maximum Gasteiger partial charge on any atom is 0.265 e. The van der Waals surface area contributed by atoms with Crippen molar-refractivity contribution < 1.29 is 9.90 Å². The first-order valence-electron chi connectivity index (χ1n) is 5.50. The smallest absolute Gasteiger partial charge is 0.265 e. The van der Waals surface area contributed by atoms with Crippen molar-refractivity contribution in [3.63, 3.8) is 0 Å². The zero-order valence-corrected chi connectivity index (χ0v) is 11.3. The molecule has 4 N–H and O–H groups in total. The van der Waals surface area contributed by atoms with E-state index >= 15 is 0 Å². The summed E-state index contributed by atoms with van der Waals surface area (Å²) < 4.78 is 2.21. The lowest BCUT2D eigenvalue weighted by atomic mass is 10.2. The molecule has 0 unspecified atom stereocenters. The molecule has 0 saturated heterocycles. The molecular weight excluding hydrogens is 280 g/mol. The van der Waals surface area contributed by atoms with Crippen LogP contribution in [0.2, 0.25) is 0 Å². The minimum atomic E-state index is -0.189. The molecule has 0 spiro atoms. The lowest BCUT2D eigenvalue weighted by Crippen LogP contribution is -2.11. The monoisotopic (exact) mass is 290 g/mol. The molecule has 3 aromatic rings. The Kier molecular flexibility index (Phi) is 2.88. The predicted octanol–water partition coefficient (Wildman–Crippen LogP) is 3.50. The van der Waals surface area contributed by atoms with Gasteiger partial charge >= 0.3 is 0 Å². The van der Waals surface area contributed by atoms with E-state index in [9.17, 15) is 9.90 Å². The van der Waals surface area contributed by atoms with Crippen LogP contribution in [-0.2, 0) is 0 Å². The normalized spacial score (nSPS) is 10.7. The maximum absolute atomic E-state index is 12.1. The molecule has 1 aromatic carbocycles. The van der Waals surface area contributed by atoms with Gasteiger partial charge in [0.25, 0.3) is 5.91 Å². The van der Waals surface area contributed by atoms with Crippen molar-refractivity contribution in [3.8, 4) is 5.75 Å². The summed E-state index contributed by atoms with van der Waals surface area (Å²) in [7, 11) is 0. The van der Waals surface area contributed by atoms with Crippen LogP contribution < -0.4 is 11.1 Å². The Morgan fingerprint density at radius 1 is 1.21 bits per heavy atom. The first-order valence-corrected chi connectivity index (χ1v) is 7.20. The first kappa shape index (κ1) is 12.0. The van der Waals surface area contributed by atoms with Crippen LogP contribution in [-0.4, -0.2) is 11.0 Å².